The van der Waals surface area contributed by atoms with E-state index in [1.807, 2.05) is 18.7 Å². The Hall–Kier alpha value is -1.13. The summed E-state index contributed by atoms with van der Waals surface area (Å²) in [6.07, 6.45) is 1.70. The van der Waals surface area contributed by atoms with E-state index in [2.05, 4.69) is 52.2 Å². The number of benzene rings is 1. The van der Waals surface area contributed by atoms with E-state index in [1.165, 1.54) is 11.1 Å². The first-order chi connectivity index (χ1) is 9.51. The molecule has 4 heteroatoms. The van der Waals surface area contributed by atoms with Crippen molar-refractivity contribution in [3.05, 3.63) is 51.3 Å². The third-order valence-electron chi connectivity index (χ3n) is 3.65. The van der Waals surface area contributed by atoms with Crippen molar-refractivity contribution in [3.63, 3.8) is 0 Å². The highest BCUT2D eigenvalue weighted by Gasteiger charge is 2.16. The Balaban J connectivity index is 2.11. The monoisotopic (exact) mass is 336 g/mol. The molecule has 0 aliphatic rings. The van der Waals surface area contributed by atoms with Crippen molar-refractivity contribution in [1.82, 2.24) is 9.78 Å². The number of halogens is 1. The zero-order chi connectivity index (χ0) is 14.7. The lowest BCUT2D eigenvalue weighted by Gasteiger charge is -2.15. The van der Waals surface area contributed by atoms with Gasteiger partial charge in [0.1, 0.15) is 0 Å². The second-order valence-electron chi connectivity index (χ2n) is 5.41. The predicted octanol–water partition coefficient (Wildman–Crippen LogP) is 3.19. The van der Waals surface area contributed by atoms with Crippen LogP contribution in [0, 0.1) is 19.8 Å². The van der Waals surface area contributed by atoms with Crippen LogP contribution in [0.5, 0.6) is 0 Å². The summed E-state index contributed by atoms with van der Waals surface area (Å²) >= 11 is 3.59. The van der Waals surface area contributed by atoms with Gasteiger partial charge < -0.3 is 5.11 Å². The van der Waals surface area contributed by atoms with E-state index in [1.54, 1.807) is 0 Å². The summed E-state index contributed by atoms with van der Waals surface area (Å²) < 4.78 is 2.96. The molecule has 3 nitrogen and oxygen atoms in total. The third kappa shape index (κ3) is 3.49. The molecule has 0 saturated carbocycles. The Kier molecular flexibility index (Phi) is 5.00. The number of hydrogen-bond donors (Lipinski definition) is 1. The van der Waals surface area contributed by atoms with Crippen LogP contribution in [0.25, 0.3) is 0 Å². The van der Waals surface area contributed by atoms with Gasteiger partial charge in [-0.15, -0.1) is 0 Å². The molecule has 0 spiro atoms. The fourth-order valence-electron chi connectivity index (χ4n) is 2.43. The van der Waals surface area contributed by atoms with Crippen molar-refractivity contribution in [3.8, 4) is 0 Å². The smallest absolute Gasteiger partial charge is 0.0738 e. The van der Waals surface area contributed by atoms with Gasteiger partial charge in [-0.1, -0.05) is 29.8 Å². The average molecular weight is 337 g/mol. The van der Waals surface area contributed by atoms with E-state index in [4.69, 9.17) is 0 Å². The summed E-state index contributed by atoms with van der Waals surface area (Å²) in [6, 6.07) is 8.52. The maximum atomic E-state index is 9.65. The van der Waals surface area contributed by atoms with Crippen molar-refractivity contribution < 1.29 is 5.11 Å². The molecule has 0 aliphatic heterocycles. The summed E-state index contributed by atoms with van der Waals surface area (Å²) in [7, 11) is 1.95. The molecule has 1 aromatic carbocycles. The first kappa shape index (κ1) is 15.3. The molecule has 108 valence electrons. The van der Waals surface area contributed by atoms with E-state index in [-0.39, 0.29) is 12.5 Å². The molecule has 2 aromatic rings. The quantitative estimate of drug-likeness (QED) is 0.910. The Morgan fingerprint density at radius 2 is 1.85 bits per heavy atom. The van der Waals surface area contributed by atoms with Crippen molar-refractivity contribution in [1.29, 1.82) is 0 Å². The van der Waals surface area contributed by atoms with Crippen molar-refractivity contribution >= 4 is 15.9 Å². The minimum Gasteiger partial charge on any atom is -0.396 e. The molecular formula is C16H21BrN2O. The molecule has 1 heterocycles. The molecule has 0 aliphatic carbocycles. The molecule has 0 saturated heterocycles. The summed E-state index contributed by atoms with van der Waals surface area (Å²) in [5.41, 5.74) is 4.67. The number of aliphatic hydroxyl groups is 1. The van der Waals surface area contributed by atoms with E-state index in [0.717, 1.165) is 28.7 Å². The van der Waals surface area contributed by atoms with Crippen LogP contribution in [-0.4, -0.2) is 21.5 Å². The van der Waals surface area contributed by atoms with Gasteiger partial charge in [-0.05, 0) is 54.1 Å². The highest BCUT2D eigenvalue weighted by atomic mass is 79.9. The van der Waals surface area contributed by atoms with Crippen LogP contribution in [-0.2, 0) is 19.9 Å². The second kappa shape index (κ2) is 6.55. The third-order valence-corrected chi connectivity index (χ3v) is 4.68. The molecule has 1 unspecified atom stereocenters. The van der Waals surface area contributed by atoms with E-state index in [0.29, 0.717) is 0 Å². The van der Waals surface area contributed by atoms with Crippen LogP contribution in [0.4, 0.5) is 0 Å². The molecule has 0 amide bonds. The Bertz CT molecular complexity index is 575. The van der Waals surface area contributed by atoms with Gasteiger partial charge in [-0.25, -0.2) is 0 Å². The molecule has 0 bridgehead atoms. The summed E-state index contributed by atoms with van der Waals surface area (Å²) in [6.45, 7) is 4.26. The van der Waals surface area contributed by atoms with Gasteiger partial charge in [0, 0.05) is 13.7 Å². The minimum atomic E-state index is 0.185. The zero-order valence-corrected chi connectivity index (χ0v) is 13.8. The van der Waals surface area contributed by atoms with Crippen LogP contribution in [0.15, 0.2) is 28.7 Å². The Labute approximate surface area is 128 Å². The van der Waals surface area contributed by atoms with Crippen LogP contribution >= 0.6 is 15.9 Å². The number of aromatic nitrogens is 2. The number of hydrogen-bond acceptors (Lipinski definition) is 2. The van der Waals surface area contributed by atoms with E-state index >= 15 is 0 Å². The van der Waals surface area contributed by atoms with E-state index in [9.17, 15) is 5.11 Å². The van der Waals surface area contributed by atoms with Crippen molar-refractivity contribution in [2.75, 3.05) is 6.61 Å². The molecule has 1 aromatic heterocycles. The molecule has 2 rings (SSSR count). The topological polar surface area (TPSA) is 38.1 Å². The molecule has 0 fully saturated rings. The van der Waals surface area contributed by atoms with Crippen molar-refractivity contribution in [2.45, 2.75) is 26.7 Å². The highest BCUT2D eigenvalue weighted by Crippen LogP contribution is 2.24. The fraction of sp³-hybridized carbons (Fsp3) is 0.438. The standard InChI is InChI=1S/C16H21BrN2O/c1-11-4-6-13(7-5-11)8-14(10-20)9-15-16(17)12(2)18-19(15)3/h4-7,14,20H,8-10H2,1-3H3. The van der Waals surface area contributed by atoms with Crippen LogP contribution in [0.3, 0.4) is 0 Å². The lowest BCUT2D eigenvalue weighted by molar-refractivity contribution is 0.223. The average Bonchev–Trinajstić information content (AvgIpc) is 2.66. The molecule has 0 radical (unpaired) electrons. The van der Waals surface area contributed by atoms with E-state index < -0.39 is 0 Å². The van der Waals surface area contributed by atoms with Crippen LogP contribution < -0.4 is 0 Å². The number of aryl methyl sites for hydroxylation is 3. The molecular weight excluding hydrogens is 316 g/mol. The summed E-state index contributed by atoms with van der Waals surface area (Å²) in [5, 5.41) is 14.1. The second-order valence-corrected chi connectivity index (χ2v) is 6.21. The van der Waals surface area contributed by atoms with Gasteiger partial charge in [0.15, 0.2) is 0 Å². The largest absolute Gasteiger partial charge is 0.396 e. The first-order valence-corrected chi connectivity index (χ1v) is 7.65. The Morgan fingerprint density at radius 1 is 1.20 bits per heavy atom. The van der Waals surface area contributed by atoms with Gasteiger partial charge in [0.25, 0.3) is 0 Å². The minimum absolute atomic E-state index is 0.185. The number of nitrogens with zero attached hydrogens (tertiary/aromatic N) is 2. The van der Waals surface area contributed by atoms with Gasteiger partial charge in [-0.2, -0.15) is 5.10 Å². The maximum absolute atomic E-state index is 9.65. The highest BCUT2D eigenvalue weighted by molar-refractivity contribution is 9.10. The van der Waals surface area contributed by atoms with Crippen molar-refractivity contribution in [2.24, 2.45) is 13.0 Å². The first-order valence-electron chi connectivity index (χ1n) is 6.85. The van der Waals surface area contributed by atoms with Gasteiger partial charge in [0.05, 0.1) is 15.9 Å². The molecule has 20 heavy (non-hydrogen) atoms. The zero-order valence-electron chi connectivity index (χ0n) is 12.2. The van der Waals surface area contributed by atoms with Crippen LogP contribution in [0.2, 0.25) is 0 Å². The SMILES string of the molecule is Cc1ccc(CC(CO)Cc2c(Br)c(C)nn2C)cc1. The summed E-state index contributed by atoms with van der Waals surface area (Å²) in [4.78, 5) is 0. The summed E-state index contributed by atoms with van der Waals surface area (Å²) in [5.74, 6) is 0.212. The van der Waals surface area contributed by atoms with Gasteiger partial charge in [-0.3, -0.25) is 4.68 Å². The molecule has 1 N–H and O–H groups in total. The predicted molar refractivity (Wildman–Crippen MR) is 84.8 cm³/mol. The van der Waals surface area contributed by atoms with Gasteiger partial charge in [0.2, 0.25) is 0 Å². The Morgan fingerprint density at radius 3 is 2.35 bits per heavy atom. The number of aliphatic hydroxyl groups excluding tert-OH is 1. The number of rotatable bonds is 5. The lowest BCUT2D eigenvalue weighted by atomic mass is 9.95. The maximum Gasteiger partial charge on any atom is 0.0738 e. The molecule has 1 atom stereocenters. The normalized spacial score (nSPS) is 12.7. The van der Waals surface area contributed by atoms with Crippen LogP contribution in [0.1, 0.15) is 22.5 Å². The van der Waals surface area contributed by atoms with Gasteiger partial charge >= 0.3 is 0 Å². The lowest BCUT2D eigenvalue weighted by Crippen LogP contribution is -2.15. The fourth-order valence-corrected chi connectivity index (χ4v) is 2.93.